The average molecular weight is 307 g/mol. The first-order chi connectivity index (χ1) is 9.58. The second-order valence-electron chi connectivity index (χ2n) is 5.10. The lowest BCUT2D eigenvalue weighted by Gasteiger charge is -2.18. The number of aryl methyl sites for hydroxylation is 3. The van der Waals surface area contributed by atoms with Crippen LogP contribution < -0.4 is 5.32 Å². The molecule has 0 bridgehead atoms. The van der Waals surface area contributed by atoms with E-state index in [0.29, 0.717) is 6.04 Å². The maximum atomic E-state index is 4.53. The molecular weight excluding hydrogens is 284 g/mol. The number of hydrogen-bond donors (Lipinski definition) is 1. The zero-order valence-corrected chi connectivity index (χ0v) is 14.2. The summed E-state index contributed by atoms with van der Waals surface area (Å²) in [5, 5.41) is 5.70. The predicted molar refractivity (Wildman–Crippen MR) is 89.9 cm³/mol. The molecule has 0 saturated carbocycles. The van der Waals surface area contributed by atoms with Gasteiger partial charge in [0.05, 0.1) is 0 Å². The number of thioether (sulfide) groups is 1. The quantitative estimate of drug-likeness (QED) is 0.795. The molecule has 2 aromatic rings. The molecule has 0 aliphatic heterocycles. The number of aromatic nitrogens is 1. The summed E-state index contributed by atoms with van der Waals surface area (Å²) in [6.45, 7) is 9.52. The molecule has 0 spiro atoms. The van der Waals surface area contributed by atoms with Gasteiger partial charge in [-0.3, -0.25) is 0 Å². The molecule has 1 heterocycles. The Bertz CT molecular complexity index is 543. The summed E-state index contributed by atoms with van der Waals surface area (Å²) in [4.78, 5) is 4.53. The van der Waals surface area contributed by atoms with Crippen molar-refractivity contribution in [3.8, 4) is 0 Å². The van der Waals surface area contributed by atoms with E-state index in [2.05, 4.69) is 54.7 Å². The molecule has 0 aliphatic carbocycles. The van der Waals surface area contributed by atoms with Crippen molar-refractivity contribution in [3.63, 3.8) is 0 Å². The Morgan fingerprint density at radius 3 is 2.45 bits per heavy atom. The predicted octanol–water partition coefficient (Wildman–Crippen LogP) is 4.51. The number of nitrogens with one attached hydrogen (secondary N) is 1. The van der Waals surface area contributed by atoms with Crippen molar-refractivity contribution in [1.82, 2.24) is 10.3 Å². The number of benzene rings is 1. The summed E-state index contributed by atoms with van der Waals surface area (Å²) in [6, 6.07) is 7.18. The van der Waals surface area contributed by atoms with Gasteiger partial charge in [0.25, 0.3) is 0 Å². The molecule has 1 N–H and O–H groups in total. The van der Waals surface area contributed by atoms with Crippen molar-refractivity contribution in [1.29, 1.82) is 0 Å². The minimum atomic E-state index is 0.382. The molecule has 1 aromatic heterocycles. The van der Waals surface area contributed by atoms with Crippen LogP contribution in [0, 0.1) is 20.8 Å². The molecule has 0 fully saturated rings. The van der Waals surface area contributed by atoms with Crippen LogP contribution in [0.25, 0.3) is 0 Å². The fourth-order valence-corrected chi connectivity index (χ4v) is 4.25. The first kappa shape index (κ1) is 15.5. The zero-order chi connectivity index (χ0) is 14.5. The highest BCUT2D eigenvalue weighted by molar-refractivity contribution is 8.01. The van der Waals surface area contributed by atoms with Gasteiger partial charge >= 0.3 is 0 Å². The standard InChI is InChI=1S/C16H22N2S2/c1-5-17-15(10-20-16-18-13(4)9-19-16)14-7-11(2)6-12(3)8-14/h6-9,15,17H,5,10H2,1-4H3. The van der Waals surface area contributed by atoms with E-state index in [1.165, 1.54) is 16.7 Å². The van der Waals surface area contributed by atoms with Gasteiger partial charge in [0, 0.05) is 22.9 Å². The van der Waals surface area contributed by atoms with E-state index < -0.39 is 0 Å². The first-order valence-electron chi connectivity index (χ1n) is 6.95. The molecular formula is C16H22N2S2. The highest BCUT2D eigenvalue weighted by Crippen LogP contribution is 2.28. The summed E-state index contributed by atoms with van der Waals surface area (Å²) in [6.07, 6.45) is 0. The summed E-state index contributed by atoms with van der Waals surface area (Å²) >= 11 is 3.58. The molecule has 2 nitrogen and oxygen atoms in total. The Kier molecular flexibility index (Phi) is 5.64. The third-order valence-electron chi connectivity index (χ3n) is 3.07. The van der Waals surface area contributed by atoms with E-state index in [9.17, 15) is 0 Å². The largest absolute Gasteiger partial charge is 0.309 e. The Balaban J connectivity index is 2.09. The first-order valence-corrected chi connectivity index (χ1v) is 8.81. The van der Waals surface area contributed by atoms with Crippen LogP contribution in [-0.4, -0.2) is 17.3 Å². The van der Waals surface area contributed by atoms with Crippen LogP contribution in [0.1, 0.15) is 35.3 Å². The topological polar surface area (TPSA) is 24.9 Å². The van der Waals surface area contributed by atoms with Gasteiger partial charge in [-0.1, -0.05) is 48.0 Å². The molecule has 1 aromatic carbocycles. The van der Waals surface area contributed by atoms with Crippen LogP contribution in [0.15, 0.2) is 27.9 Å². The van der Waals surface area contributed by atoms with Gasteiger partial charge in [0.1, 0.15) is 4.34 Å². The zero-order valence-electron chi connectivity index (χ0n) is 12.6. The van der Waals surface area contributed by atoms with E-state index in [1.54, 1.807) is 11.3 Å². The summed E-state index contributed by atoms with van der Waals surface area (Å²) in [5.74, 6) is 1.02. The van der Waals surface area contributed by atoms with Crippen LogP contribution in [0.4, 0.5) is 0 Å². The van der Waals surface area contributed by atoms with Gasteiger partial charge in [-0.05, 0) is 32.9 Å². The van der Waals surface area contributed by atoms with Gasteiger partial charge in [-0.2, -0.15) is 0 Å². The summed E-state index contributed by atoms with van der Waals surface area (Å²) in [5.41, 5.74) is 5.16. The van der Waals surface area contributed by atoms with Crippen molar-refractivity contribution in [2.75, 3.05) is 12.3 Å². The molecule has 0 amide bonds. The van der Waals surface area contributed by atoms with Crippen LogP contribution in [0.3, 0.4) is 0 Å². The van der Waals surface area contributed by atoms with Crippen LogP contribution >= 0.6 is 23.1 Å². The fraction of sp³-hybridized carbons (Fsp3) is 0.438. The maximum Gasteiger partial charge on any atom is 0.150 e. The number of thiazole rings is 1. The third-order valence-corrected chi connectivity index (χ3v) is 5.30. The van der Waals surface area contributed by atoms with E-state index >= 15 is 0 Å². The van der Waals surface area contributed by atoms with E-state index in [4.69, 9.17) is 0 Å². The van der Waals surface area contributed by atoms with Crippen molar-refractivity contribution in [3.05, 3.63) is 46.0 Å². The third kappa shape index (κ3) is 4.33. The van der Waals surface area contributed by atoms with Crippen LogP contribution in [0.5, 0.6) is 0 Å². The van der Waals surface area contributed by atoms with E-state index in [1.807, 2.05) is 18.7 Å². The number of hydrogen-bond acceptors (Lipinski definition) is 4. The second kappa shape index (κ2) is 7.25. The van der Waals surface area contributed by atoms with Crippen molar-refractivity contribution < 1.29 is 0 Å². The smallest absolute Gasteiger partial charge is 0.150 e. The molecule has 1 atom stereocenters. The van der Waals surface area contributed by atoms with E-state index in [-0.39, 0.29) is 0 Å². The van der Waals surface area contributed by atoms with Crippen molar-refractivity contribution in [2.45, 2.75) is 38.1 Å². The normalized spacial score (nSPS) is 12.6. The fourth-order valence-electron chi connectivity index (χ4n) is 2.28. The molecule has 1 unspecified atom stereocenters. The molecule has 2 rings (SSSR count). The van der Waals surface area contributed by atoms with Crippen molar-refractivity contribution in [2.24, 2.45) is 0 Å². The highest BCUT2D eigenvalue weighted by atomic mass is 32.2. The SMILES string of the molecule is CCNC(CSc1nc(C)cs1)c1cc(C)cc(C)c1. The number of nitrogens with zero attached hydrogens (tertiary/aromatic N) is 1. The lowest BCUT2D eigenvalue weighted by atomic mass is 10.0. The van der Waals surface area contributed by atoms with Crippen LogP contribution in [0.2, 0.25) is 0 Å². The van der Waals surface area contributed by atoms with E-state index in [0.717, 1.165) is 22.3 Å². The summed E-state index contributed by atoms with van der Waals surface area (Å²) in [7, 11) is 0. The van der Waals surface area contributed by atoms with Gasteiger partial charge in [0.15, 0.2) is 0 Å². The maximum absolute atomic E-state index is 4.53. The Morgan fingerprint density at radius 1 is 1.20 bits per heavy atom. The monoisotopic (exact) mass is 306 g/mol. The van der Waals surface area contributed by atoms with Gasteiger partial charge in [0.2, 0.25) is 0 Å². The molecule has 108 valence electrons. The van der Waals surface area contributed by atoms with Gasteiger partial charge in [-0.25, -0.2) is 4.98 Å². The minimum absolute atomic E-state index is 0.382. The molecule has 4 heteroatoms. The van der Waals surface area contributed by atoms with Crippen molar-refractivity contribution >= 4 is 23.1 Å². The molecule has 20 heavy (non-hydrogen) atoms. The minimum Gasteiger partial charge on any atom is -0.309 e. The molecule has 0 radical (unpaired) electrons. The molecule has 0 saturated heterocycles. The Hall–Kier alpha value is -0.840. The molecule has 0 aliphatic rings. The lowest BCUT2D eigenvalue weighted by Crippen LogP contribution is -2.23. The Labute approximate surface area is 130 Å². The van der Waals surface area contributed by atoms with Crippen LogP contribution in [-0.2, 0) is 0 Å². The summed E-state index contributed by atoms with van der Waals surface area (Å²) < 4.78 is 1.16. The van der Waals surface area contributed by atoms with Gasteiger partial charge in [-0.15, -0.1) is 11.3 Å². The highest BCUT2D eigenvalue weighted by Gasteiger charge is 2.12. The van der Waals surface area contributed by atoms with Gasteiger partial charge < -0.3 is 5.32 Å². The lowest BCUT2D eigenvalue weighted by molar-refractivity contribution is 0.605. The average Bonchev–Trinajstić information content (AvgIpc) is 2.79. The Morgan fingerprint density at radius 2 is 1.90 bits per heavy atom. The number of rotatable bonds is 6. The second-order valence-corrected chi connectivity index (χ2v) is 7.22.